The molecule has 31 heavy (non-hydrogen) atoms. The van der Waals surface area contributed by atoms with Gasteiger partial charge in [0.2, 0.25) is 0 Å². The summed E-state index contributed by atoms with van der Waals surface area (Å²) in [5.41, 5.74) is 1.80. The average Bonchev–Trinajstić information content (AvgIpc) is 3.01. The molecule has 1 saturated carbocycles. The van der Waals surface area contributed by atoms with Crippen molar-refractivity contribution in [1.29, 1.82) is 0 Å². The van der Waals surface area contributed by atoms with Crippen LogP contribution in [0.1, 0.15) is 57.1 Å². The number of hydrogen-bond donors (Lipinski definition) is 1. The number of carbonyl (C=O) groups excluding carboxylic acids is 1. The number of rotatable bonds is 5. The number of nitrogens with one attached hydrogen (secondary N) is 1. The van der Waals surface area contributed by atoms with Crippen LogP contribution in [0.15, 0.2) is 28.0 Å². The Labute approximate surface area is 192 Å². The molecular formula is C23H28N4O2S2. The number of amides is 1. The van der Waals surface area contributed by atoms with Gasteiger partial charge in [0.1, 0.15) is 15.8 Å². The van der Waals surface area contributed by atoms with E-state index in [0.717, 1.165) is 43.6 Å². The first-order valence-corrected chi connectivity index (χ1v) is 12.2. The van der Waals surface area contributed by atoms with Crippen LogP contribution in [-0.2, 0) is 4.79 Å². The molecule has 2 aliphatic rings. The summed E-state index contributed by atoms with van der Waals surface area (Å²) in [4.78, 5) is 33.2. The highest BCUT2D eigenvalue weighted by molar-refractivity contribution is 8.26. The summed E-state index contributed by atoms with van der Waals surface area (Å²) >= 11 is 6.64. The molecule has 1 aliphatic heterocycles. The number of hydrogen-bond acceptors (Lipinski definition) is 6. The lowest BCUT2D eigenvalue weighted by Crippen LogP contribution is -2.29. The highest BCUT2D eigenvalue weighted by Crippen LogP contribution is 2.34. The van der Waals surface area contributed by atoms with E-state index in [9.17, 15) is 9.59 Å². The smallest absolute Gasteiger partial charge is 0.267 e. The van der Waals surface area contributed by atoms with E-state index in [1.807, 2.05) is 26.0 Å². The van der Waals surface area contributed by atoms with Gasteiger partial charge >= 0.3 is 0 Å². The Bertz CT molecular complexity index is 1120. The lowest BCUT2D eigenvalue weighted by Gasteiger charge is -2.28. The van der Waals surface area contributed by atoms with E-state index < -0.39 is 0 Å². The van der Waals surface area contributed by atoms with E-state index in [2.05, 4.69) is 12.2 Å². The summed E-state index contributed by atoms with van der Waals surface area (Å²) in [6, 6.07) is 4.06. The summed E-state index contributed by atoms with van der Waals surface area (Å²) in [5, 5.41) is 3.53. The number of aryl methyl sites for hydroxylation is 1. The lowest BCUT2D eigenvalue weighted by atomic mass is 9.87. The van der Waals surface area contributed by atoms with Gasteiger partial charge in [0, 0.05) is 18.8 Å². The Balaban J connectivity index is 1.79. The molecule has 0 aromatic carbocycles. The minimum Gasteiger partial charge on any atom is -0.367 e. The van der Waals surface area contributed by atoms with Crippen molar-refractivity contribution in [1.82, 2.24) is 14.3 Å². The third-order valence-corrected chi connectivity index (χ3v) is 7.42. The number of thioether (sulfide) groups is 1. The zero-order valence-corrected chi connectivity index (χ0v) is 19.8. The average molecular weight is 457 g/mol. The highest BCUT2D eigenvalue weighted by atomic mass is 32.2. The molecular weight excluding hydrogens is 428 g/mol. The molecule has 0 bridgehead atoms. The number of thiocarbonyl (C=S) groups is 1. The molecule has 6 nitrogen and oxygen atoms in total. The van der Waals surface area contributed by atoms with Gasteiger partial charge in [-0.1, -0.05) is 43.9 Å². The van der Waals surface area contributed by atoms with Crippen LogP contribution in [0.4, 0.5) is 5.82 Å². The molecule has 1 amide bonds. The van der Waals surface area contributed by atoms with E-state index >= 15 is 0 Å². The standard InChI is InChI=1S/C23H28N4O2S2/c1-4-11-27-22(29)18(31-23(27)30)13-17-19(24-16-9-7-14(2)8-10-16)25-20-15(3)6-5-12-26(20)21(17)28/h5-6,12-14,16,24H,4,7-11H2,1-3H3. The summed E-state index contributed by atoms with van der Waals surface area (Å²) in [5.74, 6) is 1.15. The summed E-state index contributed by atoms with van der Waals surface area (Å²) < 4.78 is 2.10. The number of carbonyl (C=O) groups is 1. The van der Waals surface area contributed by atoms with Crippen LogP contribution < -0.4 is 10.9 Å². The molecule has 0 unspecified atom stereocenters. The Morgan fingerprint density at radius 1 is 1.29 bits per heavy atom. The molecule has 1 aliphatic carbocycles. The lowest BCUT2D eigenvalue weighted by molar-refractivity contribution is -0.122. The largest absolute Gasteiger partial charge is 0.367 e. The summed E-state index contributed by atoms with van der Waals surface area (Å²) in [6.45, 7) is 6.83. The SMILES string of the molecule is CCCN1C(=O)C(=Cc2c(NC3CCC(C)CC3)nc3c(C)cccn3c2=O)SC1=S. The van der Waals surface area contributed by atoms with Gasteiger partial charge in [-0.25, -0.2) is 4.98 Å². The van der Waals surface area contributed by atoms with Crippen molar-refractivity contribution in [2.24, 2.45) is 5.92 Å². The van der Waals surface area contributed by atoms with Crippen molar-refractivity contribution in [3.05, 3.63) is 44.7 Å². The number of fused-ring (bicyclic) bond motifs is 1. The third-order valence-electron chi connectivity index (χ3n) is 6.04. The first kappa shape index (κ1) is 22.0. The molecule has 2 fully saturated rings. The van der Waals surface area contributed by atoms with Crippen molar-refractivity contribution in [2.45, 2.75) is 58.9 Å². The van der Waals surface area contributed by atoms with Crippen LogP contribution in [0.3, 0.4) is 0 Å². The Hall–Kier alpha value is -2.19. The number of pyridine rings is 1. The molecule has 1 saturated heterocycles. The zero-order chi connectivity index (χ0) is 22.1. The first-order valence-electron chi connectivity index (χ1n) is 10.9. The van der Waals surface area contributed by atoms with Crippen molar-refractivity contribution >= 4 is 51.7 Å². The van der Waals surface area contributed by atoms with Crippen LogP contribution >= 0.6 is 24.0 Å². The van der Waals surface area contributed by atoms with Crippen LogP contribution in [0, 0.1) is 12.8 Å². The van der Waals surface area contributed by atoms with E-state index in [-0.39, 0.29) is 17.5 Å². The van der Waals surface area contributed by atoms with Crippen LogP contribution in [-0.4, -0.2) is 37.1 Å². The third kappa shape index (κ3) is 4.41. The molecule has 1 N–H and O–H groups in total. The molecule has 0 radical (unpaired) electrons. The normalized spacial score (nSPS) is 23.2. The van der Waals surface area contributed by atoms with Crippen LogP contribution in [0.25, 0.3) is 11.7 Å². The maximum Gasteiger partial charge on any atom is 0.267 e. The van der Waals surface area contributed by atoms with E-state index in [0.29, 0.717) is 32.8 Å². The van der Waals surface area contributed by atoms with Gasteiger partial charge in [-0.15, -0.1) is 0 Å². The Morgan fingerprint density at radius 3 is 2.74 bits per heavy atom. The van der Waals surface area contributed by atoms with Crippen LogP contribution in [0.2, 0.25) is 0 Å². The van der Waals surface area contributed by atoms with Crippen LogP contribution in [0.5, 0.6) is 0 Å². The fraction of sp³-hybridized carbons (Fsp3) is 0.478. The number of aromatic nitrogens is 2. The van der Waals surface area contributed by atoms with Gasteiger partial charge in [-0.05, 0) is 62.7 Å². The molecule has 0 spiro atoms. The summed E-state index contributed by atoms with van der Waals surface area (Å²) in [6.07, 6.45) is 8.65. The first-order chi connectivity index (χ1) is 14.9. The molecule has 2 aromatic heterocycles. The number of nitrogens with zero attached hydrogens (tertiary/aromatic N) is 3. The van der Waals surface area contributed by atoms with Gasteiger partial charge in [0.15, 0.2) is 0 Å². The Morgan fingerprint density at radius 2 is 2.03 bits per heavy atom. The molecule has 3 heterocycles. The highest BCUT2D eigenvalue weighted by Gasteiger charge is 2.32. The second-order valence-corrected chi connectivity index (χ2v) is 10.2. The minimum atomic E-state index is -0.180. The van der Waals surface area contributed by atoms with E-state index in [4.69, 9.17) is 17.2 Å². The monoisotopic (exact) mass is 456 g/mol. The van der Waals surface area contributed by atoms with E-state index in [1.54, 1.807) is 21.6 Å². The predicted octanol–water partition coefficient (Wildman–Crippen LogP) is 4.60. The quantitative estimate of drug-likeness (QED) is 0.524. The minimum absolute atomic E-state index is 0.136. The van der Waals surface area contributed by atoms with Gasteiger partial charge in [-0.3, -0.25) is 18.9 Å². The van der Waals surface area contributed by atoms with Gasteiger partial charge in [0.25, 0.3) is 11.5 Å². The Kier molecular flexibility index (Phi) is 6.48. The fourth-order valence-corrected chi connectivity index (χ4v) is 5.49. The van der Waals surface area contributed by atoms with Crippen molar-refractivity contribution in [3.8, 4) is 0 Å². The maximum atomic E-state index is 13.4. The predicted molar refractivity (Wildman–Crippen MR) is 131 cm³/mol. The van der Waals surface area contributed by atoms with Gasteiger partial charge < -0.3 is 5.32 Å². The topological polar surface area (TPSA) is 66.7 Å². The van der Waals surface area contributed by atoms with E-state index in [1.165, 1.54) is 11.8 Å². The van der Waals surface area contributed by atoms with Gasteiger partial charge in [0.05, 0.1) is 10.5 Å². The van der Waals surface area contributed by atoms with Crippen molar-refractivity contribution < 1.29 is 4.79 Å². The summed E-state index contributed by atoms with van der Waals surface area (Å²) in [7, 11) is 0. The second-order valence-electron chi connectivity index (χ2n) is 8.50. The molecule has 164 valence electrons. The zero-order valence-electron chi connectivity index (χ0n) is 18.2. The van der Waals surface area contributed by atoms with Crippen molar-refractivity contribution in [2.75, 3.05) is 11.9 Å². The molecule has 8 heteroatoms. The number of anilines is 1. The fourth-order valence-electron chi connectivity index (χ4n) is 4.20. The molecule has 0 atom stereocenters. The van der Waals surface area contributed by atoms with Crippen molar-refractivity contribution in [3.63, 3.8) is 0 Å². The maximum absolute atomic E-state index is 13.4. The van der Waals surface area contributed by atoms with Gasteiger partial charge in [-0.2, -0.15) is 0 Å². The molecule has 4 rings (SSSR count). The molecule has 2 aromatic rings. The second kappa shape index (κ2) is 9.12.